The van der Waals surface area contributed by atoms with E-state index in [1.54, 1.807) is 42.5 Å². The molecule has 1 amide bonds. The maximum absolute atomic E-state index is 12.0. The second-order valence-electron chi connectivity index (χ2n) is 4.64. The lowest BCUT2D eigenvalue weighted by Gasteiger charge is -2.08. The summed E-state index contributed by atoms with van der Waals surface area (Å²) >= 11 is 0. The van der Waals surface area contributed by atoms with Gasteiger partial charge in [0.1, 0.15) is 5.75 Å². The highest BCUT2D eigenvalue weighted by atomic mass is 32.2. The van der Waals surface area contributed by atoms with Crippen molar-refractivity contribution in [2.75, 3.05) is 18.5 Å². The van der Waals surface area contributed by atoms with Crippen molar-refractivity contribution in [2.24, 2.45) is 0 Å². The SMILES string of the molecule is CCOc1ccc(NC(=O)CNS(=O)(=O)c2ccccc2)cc1. The van der Waals surface area contributed by atoms with Crippen molar-refractivity contribution in [3.8, 4) is 5.75 Å². The van der Waals surface area contributed by atoms with Crippen LogP contribution >= 0.6 is 0 Å². The number of nitrogens with one attached hydrogen (secondary N) is 2. The molecule has 0 saturated heterocycles. The van der Waals surface area contributed by atoms with Crippen molar-refractivity contribution in [1.82, 2.24) is 4.72 Å². The maximum atomic E-state index is 12.0. The van der Waals surface area contributed by atoms with Gasteiger partial charge in [-0.05, 0) is 43.3 Å². The van der Waals surface area contributed by atoms with Crippen molar-refractivity contribution in [1.29, 1.82) is 0 Å². The Bertz CT molecular complexity index is 743. The van der Waals surface area contributed by atoms with Crippen molar-refractivity contribution in [3.05, 3.63) is 54.6 Å². The van der Waals surface area contributed by atoms with Gasteiger partial charge in [0.25, 0.3) is 0 Å². The van der Waals surface area contributed by atoms with Crippen LogP contribution in [0.15, 0.2) is 59.5 Å². The molecule has 2 N–H and O–H groups in total. The number of ether oxygens (including phenoxy) is 1. The van der Waals surface area contributed by atoms with Gasteiger partial charge in [-0.15, -0.1) is 0 Å². The van der Waals surface area contributed by atoms with E-state index in [9.17, 15) is 13.2 Å². The Kier molecular flexibility index (Phi) is 5.72. The molecule has 2 rings (SSSR count). The molecule has 0 bridgehead atoms. The zero-order chi connectivity index (χ0) is 16.7. The predicted octanol–water partition coefficient (Wildman–Crippen LogP) is 2.00. The van der Waals surface area contributed by atoms with E-state index < -0.39 is 15.9 Å². The molecule has 2 aromatic carbocycles. The highest BCUT2D eigenvalue weighted by Gasteiger charge is 2.14. The van der Waals surface area contributed by atoms with Crippen LogP contribution in [0.5, 0.6) is 5.75 Å². The van der Waals surface area contributed by atoms with Gasteiger partial charge in [0.2, 0.25) is 15.9 Å². The van der Waals surface area contributed by atoms with Crippen LogP contribution in [0.1, 0.15) is 6.92 Å². The minimum Gasteiger partial charge on any atom is -0.494 e. The summed E-state index contributed by atoms with van der Waals surface area (Å²) in [5.74, 6) is 0.254. The quantitative estimate of drug-likeness (QED) is 0.811. The molecule has 0 aliphatic rings. The third-order valence-electron chi connectivity index (χ3n) is 2.93. The van der Waals surface area contributed by atoms with Crippen molar-refractivity contribution < 1.29 is 17.9 Å². The molecular weight excluding hydrogens is 316 g/mol. The zero-order valence-electron chi connectivity index (χ0n) is 12.7. The second-order valence-corrected chi connectivity index (χ2v) is 6.41. The second kappa shape index (κ2) is 7.75. The monoisotopic (exact) mass is 334 g/mol. The fraction of sp³-hybridized carbons (Fsp3) is 0.188. The average molecular weight is 334 g/mol. The molecule has 0 radical (unpaired) electrons. The Labute approximate surface area is 135 Å². The predicted molar refractivity (Wildman–Crippen MR) is 87.9 cm³/mol. The standard InChI is InChI=1S/C16H18N2O4S/c1-2-22-14-10-8-13(9-11-14)18-16(19)12-17-23(20,21)15-6-4-3-5-7-15/h3-11,17H,2,12H2,1H3,(H,18,19). The normalized spacial score (nSPS) is 11.0. The fourth-order valence-electron chi connectivity index (χ4n) is 1.85. The number of hydrogen-bond acceptors (Lipinski definition) is 4. The van der Waals surface area contributed by atoms with E-state index in [0.717, 1.165) is 0 Å². The van der Waals surface area contributed by atoms with Crippen LogP contribution < -0.4 is 14.8 Å². The molecule has 23 heavy (non-hydrogen) atoms. The smallest absolute Gasteiger partial charge is 0.241 e. The molecule has 6 nitrogen and oxygen atoms in total. The number of carbonyl (C=O) groups excluding carboxylic acids is 1. The third kappa shape index (κ3) is 5.08. The van der Waals surface area contributed by atoms with Crippen molar-refractivity contribution in [2.45, 2.75) is 11.8 Å². The minimum absolute atomic E-state index is 0.119. The summed E-state index contributed by atoms with van der Waals surface area (Å²) in [6.45, 7) is 2.10. The molecule has 0 aliphatic heterocycles. The summed E-state index contributed by atoms with van der Waals surface area (Å²) in [6.07, 6.45) is 0. The van der Waals surface area contributed by atoms with E-state index in [1.807, 2.05) is 6.92 Å². The van der Waals surface area contributed by atoms with E-state index in [4.69, 9.17) is 4.74 Å². The van der Waals surface area contributed by atoms with Crippen LogP contribution in [0.25, 0.3) is 0 Å². The van der Waals surface area contributed by atoms with E-state index in [0.29, 0.717) is 18.0 Å². The lowest BCUT2D eigenvalue weighted by Crippen LogP contribution is -2.32. The van der Waals surface area contributed by atoms with Crippen molar-refractivity contribution in [3.63, 3.8) is 0 Å². The Hall–Kier alpha value is -2.38. The van der Waals surface area contributed by atoms with Gasteiger partial charge in [-0.1, -0.05) is 18.2 Å². The van der Waals surface area contributed by atoms with E-state index in [1.165, 1.54) is 12.1 Å². The Morgan fingerprint density at radius 1 is 1.04 bits per heavy atom. The van der Waals surface area contributed by atoms with Crippen LogP contribution in [-0.2, 0) is 14.8 Å². The number of carbonyl (C=O) groups is 1. The molecule has 7 heteroatoms. The molecule has 0 unspecified atom stereocenters. The number of amides is 1. The Morgan fingerprint density at radius 3 is 2.30 bits per heavy atom. The molecule has 0 heterocycles. The van der Waals surface area contributed by atoms with Crippen LogP contribution in [0.4, 0.5) is 5.69 Å². The molecule has 0 saturated carbocycles. The number of sulfonamides is 1. The van der Waals surface area contributed by atoms with Gasteiger partial charge in [0.05, 0.1) is 18.0 Å². The number of rotatable bonds is 7. The van der Waals surface area contributed by atoms with Crippen LogP contribution in [-0.4, -0.2) is 27.5 Å². The van der Waals surface area contributed by atoms with Crippen LogP contribution in [0.3, 0.4) is 0 Å². The van der Waals surface area contributed by atoms with E-state index >= 15 is 0 Å². The van der Waals surface area contributed by atoms with Gasteiger partial charge in [-0.3, -0.25) is 4.79 Å². The first-order valence-corrected chi connectivity index (χ1v) is 8.57. The molecule has 0 aromatic heterocycles. The highest BCUT2D eigenvalue weighted by Crippen LogP contribution is 2.15. The van der Waals surface area contributed by atoms with Gasteiger partial charge in [0.15, 0.2) is 0 Å². The third-order valence-corrected chi connectivity index (χ3v) is 4.34. The van der Waals surface area contributed by atoms with Crippen molar-refractivity contribution >= 4 is 21.6 Å². The first-order valence-electron chi connectivity index (χ1n) is 7.08. The van der Waals surface area contributed by atoms with Gasteiger partial charge < -0.3 is 10.1 Å². The van der Waals surface area contributed by atoms with E-state index in [-0.39, 0.29) is 11.4 Å². The molecule has 2 aromatic rings. The summed E-state index contributed by atoms with van der Waals surface area (Å²) in [5, 5.41) is 2.61. The largest absolute Gasteiger partial charge is 0.494 e. The van der Waals surface area contributed by atoms with Gasteiger partial charge >= 0.3 is 0 Å². The van der Waals surface area contributed by atoms with Gasteiger partial charge in [0, 0.05) is 5.69 Å². The lowest BCUT2D eigenvalue weighted by atomic mass is 10.3. The summed E-state index contributed by atoms with van der Waals surface area (Å²) < 4.78 is 31.6. The summed E-state index contributed by atoms with van der Waals surface area (Å²) in [7, 11) is -3.69. The molecule has 0 atom stereocenters. The summed E-state index contributed by atoms with van der Waals surface area (Å²) in [4.78, 5) is 12.0. The van der Waals surface area contributed by atoms with E-state index in [2.05, 4.69) is 10.0 Å². The van der Waals surface area contributed by atoms with Gasteiger partial charge in [-0.25, -0.2) is 13.1 Å². The number of anilines is 1. The topological polar surface area (TPSA) is 84.5 Å². The molecule has 0 fully saturated rings. The average Bonchev–Trinajstić information content (AvgIpc) is 2.56. The first-order chi connectivity index (χ1) is 11.0. The first kappa shape index (κ1) is 17.0. The van der Waals surface area contributed by atoms with Crippen LogP contribution in [0.2, 0.25) is 0 Å². The minimum atomic E-state index is -3.69. The highest BCUT2D eigenvalue weighted by molar-refractivity contribution is 7.89. The van der Waals surface area contributed by atoms with Gasteiger partial charge in [-0.2, -0.15) is 0 Å². The molecule has 122 valence electrons. The molecular formula is C16H18N2O4S. The molecule has 0 aliphatic carbocycles. The summed E-state index contributed by atoms with van der Waals surface area (Å²) in [5.41, 5.74) is 0.567. The number of benzene rings is 2. The van der Waals surface area contributed by atoms with Crippen LogP contribution in [0, 0.1) is 0 Å². The fourth-order valence-corrected chi connectivity index (χ4v) is 2.85. The Balaban J connectivity index is 1.90. The maximum Gasteiger partial charge on any atom is 0.241 e. The lowest BCUT2D eigenvalue weighted by molar-refractivity contribution is -0.115. The summed E-state index contributed by atoms with van der Waals surface area (Å²) in [6, 6.07) is 14.7. The molecule has 0 spiro atoms. The Morgan fingerprint density at radius 2 is 1.70 bits per heavy atom. The zero-order valence-corrected chi connectivity index (χ0v) is 13.5. The number of hydrogen-bond donors (Lipinski definition) is 2.